The average molecular weight is 270 g/mol. The van der Waals surface area contributed by atoms with Gasteiger partial charge in [0.2, 0.25) is 10.9 Å². The minimum atomic E-state index is -2.83. The number of hydrogen-bond donors (Lipinski definition) is 2. The van der Waals surface area contributed by atoms with Crippen LogP contribution in [-0.4, -0.2) is 25.9 Å². The average Bonchev–Trinajstić information content (AvgIpc) is 2.37. The van der Waals surface area contributed by atoms with Gasteiger partial charge in [-0.3, -0.25) is 9.80 Å². The second-order valence-electron chi connectivity index (χ2n) is 3.89. The van der Waals surface area contributed by atoms with Gasteiger partial charge in [-0.25, -0.2) is 8.42 Å². The van der Waals surface area contributed by atoms with Crippen molar-refractivity contribution >= 4 is 16.8 Å². The molecule has 0 heterocycles. The molecule has 0 radical (unpaired) electrons. The molecule has 1 aromatic carbocycles. The molecule has 0 aliphatic carbocycles. The lowest BCUT2D eigenvalue weighted by Crippen LogP contribution is -2.42. The lowest BCUT2D eigenvalue weighted by atomic mass is 10.2. The third-order valence-electron chi connectivity index (χ3n) is 2.45. The number of carbonyl (C=O) groups is 1. The molecular formula is C12H18N2O3S. The molecule has 6 heteroatoms. The van der Waals surface area contributed by atoms with Crippen molar-refractivity contribution in [3.8, 4) is 0 Å². The fourth-order valence-electron chi connectivity index (χ4n) is 1.55. The maximum atomic E-state index is 12.1. The van der Waals surface area contributed by atoms with E-state index in [1.807, 2.05) is 6.92 Å². The monoisotopic (exact) mass is 270 g/mol. The maximum absolute atomic E-state index is 12.1. The number of benzene rings is 1. The van der Waals surface area contributed by atoms with Gasteiger partial charge in [0, 0.05) is 12.1 Å². The van der Waals surface area contributed by atoms with E-state index in [0.717, 1.165) is 24.3 Å². The first kappa shape index (κ1) is 14.7. The predicted molar refractivity (Wildman–Crippen MR) is 70.5 cm³/mol. The summed E-state index contributed by atoms with van der Waals surface area (Å²) >= 11 is 0. The highest BCUT2D eigenvalue weighted by atomic mass is 32.2. The van der Waals surface area contributed by atoms with E-state index in [4.69, 9.17) is 0 Å². The zero-order chi connectivity index (χ0) is 13.4. The van der Waals surface area contributed by atoms with E-state index >= 15 is 0 Å². The molecule has 0 aliphatic heterocycles. The van der Waals surface area contributed by atoms with Crippen molar-refractivity contribution in [1.82, 2.24) is 9.84 Å². The number of carbonyl (C=O) groups excluding carboxylic acids is 1. The summed E-state index contributed by atoms with van der Waals surface area (Å²) < 4.78 is 21.4. The molecule has 1 N–H and O–H groups in total. The Morgan fingerprint density at radius 2 is 1.89 bits per heavy atom. The first-order chi connectivity index (χ1) is 8.65. The van der Waals surface area contributed by atoms with Gasteiger partial charge in [-0.1, -0.05) is 38.0 Å². The molecule has 0 saturated heterocycles. The van der Waals surface area contributed by atoms with Gasteiger partial charge in [0.15, 0.2) is 0 Å². The highest BCUT2D eigenvalue weighted by Gasteiger charge is 2.15. The Bertz CT molecular complexity index is 438. The van der Waals surface area contributed by atoms with Crippen LogP contribution < -0.4 is 4.83 Å². The molecule has 0 spiro atoms. The summed E-state index contributed by atoms with van der Waals surface area (Å²) in [6, 6.07) is 8.62. The van der Waals surface area contributed by atoms with Crippen LogP contribution in [0.1, 0.15) is 36.5 Å². The molecule has 0 atom stereocenters. The largest absolute Gasteiger partial charge is 0.268 e. The summed E-state index contributed by atoms with van der Waals surface area (Å²) in [7, 11) is -2.83. The van der Waals surface area contributed by atoms with Crippen molar-refractivity contribution in [3.63, 3.8) is 0 Å². The molecule has 100 valence electrons. The molecular weight excluding hydrogens is 252 g/mol. The van der Waals surface area contributed by atoms with Gasteiger partial charge in [0.05, 0.1) is 0 Å². The summed E-state index contributed by atoms with van der Waals surface area (Å²) in [6.07, 6.45) is 2.73. The Balaban J connectivity index is 2.72. The summed E-state index contributed by atoms with van der Waals surface area (Å²) in [5.41, 5.74) is 0.471. The van der Waals surface area contributed by atoms with Gasteiger partial charge in [-0.2, -0.15) is 0 Å². The number of nitrogens with zero attached hydrogens (tertiary/aromatic N) is 1. The molecule has 1 amide bonds. The SMILES string of the molecule is CCCCCN(N[SH](=O)=O)C(=O)c1ccccc1. The lowest BCUT2D eigenvalue weighted by Gasteiger charge is -2.20. The third kappa shape index (κ3) is 4.85. The fourth-order valence-corrected chi connectivity index (χ4v) is 1.94. The zero-order valence-electron chi connectivity index (χ0n) is 10.3. The molecule has 0 aliphatic rings. The molecule has 18 heavy (non-hydrogen) atoms. The van der Waals surface area contributed by atoms with Crippen LogP contribution in [0.4, 0.5) is 0 Å². The number of amides is 1. The van der Waals surface area contributed by atoms with Gasteiger partial charge in [-0.15, -0.1) is 4.83 Å². The van der Waals surface area contributed by atoms with E-state index in [2.05, 4.69) is 4.83 Å². The second kappa shape index (κ2) is 7.84. The Morgan fingerprint density at radius 3 is 2.44 bits per heavy atom. The maximum Gasteiger partial charge on any atom is 0.268 e. The standard InChI is InChI=1S/C12H18N2O3S/c1-2-3-7-10-14(13-18(16)17)12(15)11-8-5-4-6-9-11/h4-6,8-9,18H,2-3,7,10H2,1H3,(H,13,16,17). The highest BCUT2D eigenvalue weighted by molar-refractivity contribution is 7.70. The minimum absolute atomic E-state index is 0.328. The molecule has 1 rings (SSSR count). The molecule has 0 saturated carbocycles. The summed E-state index contributed by atoms with van der Waals surface area (Å²) in [5, 5.41) is 1.15. The van der Waals surface area contributed by atoms with E-state index in [1.54, 1.807) is 30.3 Å². The predicted octanol–water partition coefficient (Wildman–Crippen LogP) is 1.35. The number of rotatable bonds is 7. The van der Waals surface area contributed by atoms with Gasteiger partial charge >= 0.3 is 0 Å². The summed E-state index contributed by atoms with van der Waals surface area (Å²) in [6.45, 7) is 2.43. The number of hydrogen-bond acceptors (Lipinski definition) is 3. The van der Waals surface area contributed by atoms with Crippen molar-refractivity contribution < 1.29 is 13.2 Å². The van der Waals surface area contributed by atoms with Crippen molar-refractivity contribution in [2.24, 2.45) is 0 Å². The zero-order valence-corrected chi connectivity index (χ0v) is 11.2. The normalized spacial score (nSPS) is 10.6. The Morgan fingerprint density at radius 1 is 1.22 bits per heavy atom. The van der Waals surface area contributed by atoms with Gasteiger partial charge in [0.25, 0.3) is 5.91 Å². The lowest BCUT2D eigenvalue weighted by molar-refractivity contribution is 0.0717. The molecule has 0 unspecified atom stereocenters. The number of hydrazine groups is 1. The molecule has 0 fully saturated rings. The summed E-state index contributed by atoms with van der Waals surface area (Å²) in [4.78, 5) is 14.2. The van der Waals surface area contributed by atoms with E-state index in [1.165, 1.54) is 0 Å². The van der Waals surface area contributed by atoms with Crippen molar-refractivity contribution in [2.75, 3.05) is 6.54 Å². The van der Waals surface area contributed by atoms with Crippen molar-refractivity contribution in [3.05, 3.63) is 35.9 Å². The smallest absolute Gasteiger partial charge is 0.268 e. The first-order valence-electron chi connectivity index (χ1n) is 5.92. The topological polar surface area (TPSA) is 66.5 Å². The van der Waals surface area contributed by atoms with Gasteiger partial charge < -0.3 is 0 Å². The van der Waals surface area contributed by atoms with Crippen LogP contribution in [0.3, 0.4) is 0 Å². The van der Waals surface area contributed by atoms with Gasteiger partial charge in [0.1, 0.15) is 0 Å². The van der Waals surface area contributed by atoms with E-state index in [-0.39, 0.29) is 5.91 Å². The van der Waals surface area contributed by atoms with Crippen LogP contribution in [0.15, 0.2) is 30.3 Å². The highest BCUT2D eigenvalue weighted by Crippen LogP contribution is 2.05. The Labute approximate surface area is 109 Å². The molecule has 0 bridgehead atoms. The van der Waals surface area contributed by atoms with Crippen LogP contribution in [0.5, 0.6) is 0 Å². The van der Waals surface area contributed by atoms with Crippen LogP contribution >= 0.6 is 0 Å². The van der Waals surface area contributed by atoms with Crippen LogP contribution in [0.25, 0.3) is 0 Å². The quantitative estimate of drug-likeness (QED) is 0.446. The second-order valence-corrected chi connectivity index (χ2v) is 4.60. The van der Waals surface area contributed by atoms with Crippen molar-refractivity contribution in [2.45, 2.75) is 26.2 Å². The number of unbranched alkanes of at least 4 members (excludes halogenated alkanes) is 2. The molecule has 0 aromatic heterocycles. The number of nitrogens with one attached hydrogen (secondary N) is 1. The van der Waals surface area contributed by atoms with Crippen LogP contribution in [0, 0.1) is 0 Å². The van der Waals surface area contributed by atoms with E-state index in [0.29, 0.717) is 12.1 Å². The number of thiol groups is 1. The minimum Gasteiger partial charge on any atom is -0.268 e. The third-order valence-corrected chi connectivity index (χ3v) is 2.86. The fraction of sp³-hybridized carbons (Fsp3) is 0.417. The van der Waals surface area contributed by atoms with Crippen molar-refractivity contribution in [1.29, 1.82) is 0 Å². The van der Waals surface area contributed by atoms with E-state index < -0.39 is 10.9 Å². The van der Waals surface area contributed by atoms with Crippen LogP contribution in [0.2, 0.25) is 0 Å². The Hall–Kier alpha value is -1.40. The summed E-state index contributed by atoms with van der Waals surface area (Å²) in [5.74, 6) is -0.328. The molecule has 5 nitrogen and oxygen atoms in total. The van der Waals surface area contributed by atoms with E-state index in [9.17, 15) is 13.2 Å². The van der Waals surface area contributed by atoms with Gasteiger partial charge in [-0.05, 0) is 18.6 Å². The molecule has 1 aromatic rings. The first-order valence-corrected chi connectivity index (χ1v) is 7.10. The van der Waals surface area contributed by atoms with Crippen LogP contribution in [-0.2, 0) is 10.9 Å². The Kier molecular flexibility index (Phi) is 6.38.